The minimum absolute atomic E-state index is 0.430. The van der Waals surface area contributed by atoms with Crippen molar-refractivity contribution >= 4 is 5.69 Å². The second kappa shape index (κ2) is 5.96. The predicted molar refractivity (Wildman–Crippen MR) is 83.8 cm³/mol. The average Bonchev–Trinajstić information content (AvgIpc) is 2.39. The summed E-state index contributed by atoms with van der Waals surface area (Å²) in [5.74, 6) is 0. The highest BCUT2D eigenvalue weighted by molar-refractivity contribution is 5.57. The molecule has 1 saturated heterocycles. The lowest BCUT2D eigenvalue weighted by molar-refractivity contribution is 0.194. The van der Waals surface area contributed by atoms with Crippen LogP contribution in [0.3, 0.4) is 0 Å². The quantitative estimate of drug-likeness (QED) is 0.832. The van der Waals surface area contributed by atoms with Gasteiger partial charge in [0, 0.05) is 30.2 Å². The topological polar surface area (TPSA) is 15.3 Å². The first-order valence-electron chi connectivity index (χ1n) is 7.73. The zero-order valence-electron chi connectivity index (χ0n) is 12.9. The molecule has 0 bridgehead atoms. The van der Waals surface area contributed by atoms with Gasteiger partial charge in [-0.1, -0.05) is 39.0 Å². The summed E-state index contributed by atoms with van der Waals surface area (Å²) in [4.78, 5) is 2.55. The Bertz CT molecular complexity index is 401. The monoisotopic (exact) mass is 260 g/mol. The molecule has 2 rings (SSSR count). The summed E-state index contributed by atoms with van der Waals surface area (Å²) >= 11 is 0. The van der Waals surface area contributed by atoms with E-state index in [2.05, 4.69) is 62.2 Å². The number of hydrogen-bond acceptors (Lipinski definition) is 2. The summed E-state index contributed by atoms with van der Waals surface area (Å²) in [6, 6.07) is 9.28. The van der Waals surface area contributed by atoms with Gasteiger partial charge in [0.1, 0.15) is 0 Å². The van der Waals surface area contributed by atoms with E-state index in [4.69, 9.17) is 0 Å². The van der Waals surface area contributed by atoms with Crippen LogP contribution in [0.2, 0.25) is 0 Å². The van der Waals surface area contributed by atoms with Crippen molar-refractivity contribution in [2.45, 2.75) is 46.6 Å². The van der Waals surface area contributed by atoms with Crippen molar-refractivity contribution in [3.63, 3.8) is 0 Å². The van der Waals surface area contributed by atoms with Crippen LogP contribution >= 0.6 is 0 Å². The molecule has 0 aromatic heterocycles. The molecule has 1 atom stereocenters. The zero-order chi connectivity index (χ0) is 13.9. The fraction of sp³-hybridized carbons (Fsp3) is 0.647. The minimum atomic E-state index is 0.430. The number of benzene rings is 1. The SMILES string of the molecule is CCNC(C)c1ccccc1N1CC(CC)(CC)C1. The first kappa shape index (κ1) is 14.4. The van der Waals surface area contributed by atoms with Crippen molar-refractivity contribution in [2.24, 2.45) is 5.41 Å². The standard InChI is InChI=1S/C17H28N2/c1-5-17(6-2)12-19(13-17)16-11-9-8-10-15(16)14(4)18-7-3/h8-11,14,18H,5-7,12-13H2,1-4H3. The van der Waals surface area contributed by atoms with Crippen LogP contribution in [0.15, 0.2) is 24.3 Å². The van der Waals surface area contributed by atoms with Crippen molar-refractivity contribution in [2.75, 3.05) is 24.5 Å². The van der Waals surface area contributed by atoms with Crippen LogP contribution in [-0.4, -0.2) is 19.6 Å². The molecule has 0 aliphatic carbocycles. The summed E-state index contributed by atoms with van der Waals surface area (Å²) in [5.41, 5.74) is 3.42. The highest BCUT2D eigenvalue weighted by Gasteiger charge is 2.40. The second-order valence-electron chi connectivity index (χ2n) is 5.90. The number of nitrogens with zero attached hydrogens (tertiary/aromatic N) is 1. The predicted octanol–water partition coefficient (Wildman–Crippen LogP) is 3.98. The van der Waals surface area contributed by atoms with Gasteiger partial charge in [-0.2, -0.15) is 0 Å². The van der Waals surface area contributed by atoms with Crippen LogP contribution in [0.1, 0.15) is 52.1 Å². The molecule has 1 unspecified atom stereocenters. The molecule has 2 nitrogen and oxygen atoms in total. The molecule has 1 aliphatic heterocycles. The fourth-order valence-corrected chi connectivity index (χ4v) is 3.19. The average molecular weight is 260 g/mol. The lowest BCUT2D eigenvalue weighted by atomic mass is 9.74. The third kappa shape index (κ3) is 2.79. The van der Waals surface area contributed by atoms with Crippen LogP contribution in [0.4, 0.5) is 5.69 Å². The molecule has 0 amide bonds. The molecule has 1 fully saturated rings. The Hall–Kier alpha value is -1.02. The van der Waals surface area contributed by atoms with Gasteiger partial charge in [0.2, 0.25) is 0 Å². The third-order valence-corrected chi connectivity index (χ3v) is 4.81. The van der Waals surface area contributed by atoms with E-state index < -0.39 is 0 Å². The smallest absolute Gasteiger partial charge is 0.0415 e. The van der Waals surface area contributed by atoms with Gasteiger partial charge >= 0.3 is 0 Å². The zero-order valence-corrected chi connectivity index (χ0v) is 12.9. The summed E-state index contributed by atoms with van der Waals surface area (Å²) in [7, 11) is 0. The first-order valence-corrected chi connectivity index (χ1v) is 7.73. The number of rotatable bonds is 6. The van der Waals surface area contributed by atoms with Crippen LogP contribution < -0.4 is 10.2 Å². The Balaban J connectivity index is 2.14. The van der Waals surface area contributed by atoms with E-state index >= 15 is 0 Å². The van der Waals surface area contributed by atoms with E-state index in [1.807, 2.05) is 0 Å². The van der Waals surface area contributed by atoms with E-state index in [1.54, 1.807) is 0 Å². The van der Waals surface area contributed by atoms with E-state index in [-0.39, 0.29) is 0 Å². The van der Waals surface area contributed by atoms with Gasteiger partial charge in [0.25, 0.3) is 0 Å². The van der Waals surface area contributed by atoms with Crippen molar-refractivity contribution < 1.29 is 0 Å². The first-order chi connectivity index (χ1) is 9.15. The molecule has 0 radical (unpaired) electrons. The van der Waals surface area contributed by atoms with Crippen molar-refractivity contribution in [3.8, 4) is 0 Å². The summed E-state index contributed by atoms with van der Waals surface area (Å²) in [6.07, 6.45) is 2.59. The maximum absolute atomic E-state index is 3.53. The van der Waals surface area contributed by atoms with E-state index in [0.29, 0.717) is 11.5 Å². The summed E-state index contributed by atoms with van der Waals surface area (Å²) < 4.78 is 0. The van der Waals surface area contributed by atoms with Crippen molar-refractivity contribution in [3.05, 3.63) is 29.8 Å². The maximum atomic E-state index is 3.53. The molecule has 0 spiro atoms. The minimum Gasteiger partial charge on any atom is -0.370 e. The van der Waals surface area contributed by atoms with Gasteiger partial charge < -0.3 is 10.2 Å². The lowest BCUT2D eigenvalue weighted by Gasteiger charge is -2.52. The van der Waals surface area contributed by atoms with Gasteiger partial charge in [0.15, 0.2) is 0 Å². The molecule has 2 heteroatoms. The van der Waals surface area contributed by atoms with Gasteiger partial charge in [-0.3, -0.25) is 0 Å². The molecule has 1 aliphatic rings. The largest absolute Gasteiger partial charge is 0.370 e. The van der Waals surface area contributed by atoms with Gasteiger partial charge in [0.05, 0.1) is 0 Å². The highest BCUT2D eigenvalue weighted by atomic mass is 15.2. The highest BCUT2D eigenvalue weighted by Crippen LogP contribution is 2.41. The molecule has 106 valence electrons. The fourth-order valence-electron chi connectivity index (χ4n) is 3.19. The Morgan fingerprint density at radius 2 is 1.79 bits per heavy atom. The summed E-state index contributed by atoms with van der Waals surface area (Å²) in [6.45, 7) is 12.5. The van der Waals surface area contributed by atoms with Crippen LogP contribution in [0.25, 0.3) is 0 Å². The molecular formula is C17H28N2. The molecule has 1 aromatic rings. The molecule has 0 saturated carbocycles. The molecule has 1 N–H and O–H groups in total. The maximum Gasteiger partial charge on any atom is 0.0415 e. The third-order valence-electron chi connectivity index (χ3n) is 4.81. The molecule has 1 aromatic carbocycles. The van der Waals surface area contributed by atoms with Crippen LogP contribution in [-0.2, 0) is 0 Å². The Labute approximate surface area is 118 Å². The Kier molecular flexibility index (Phi) is 4.51. The molecule has 19 heavy (non-hydrogen) atoms. The molecule has 1 heterocycles. The lowest BCUT2D eigenvalue weighted by Crippen LogP contribution is -2.56. The molecular weight excluding hydrogens is 232 g/mol. The second-order valence-corrected chi connectivity index (χ2v) is 5.90. The number of nitrogens with one attached hydrogen (secondary N) is 1. The van der Waals surface area contributed by atoms with E-state index in [9.17, 15) is 0 Å². The number of para-hydroxylation sites is 1. The van der Waals surface area contributed by atoms with Crippen LogP contribution in [0, 0.1) is 5.41 Å². The van der Waals surface area contributed by atoms with Crippen molar-refractivity contribution in [1.29, 1.82) is 0 Å². The van der Waals surface area contributed by atoms with Gasteiger partial charge in [-0.05, 0) is 37.9 Å². The normalized spacial score (nSPS) is 19.1. The van der Waals surface area contributed by atoms with Gasteiger partial charge in [-0.15, -0.1) is 0 Å². The van der Waals surface area contributed by atoms with Crippen LogP contribution in [0.5, 0.6) is 0 Å². The number of anilines is 1. The van der Waals surface area contributed by atoms with Crippen molar-refractivity contribution in [1.82, 2.24) is 5.32 Å². The Morgan fingerprint density at radius 3 is 2.37 bits per heavy atom. The van der Waals surface area contributed by atoms with E-state index in [0.717, 1.165) is 6.54 Å². The van der Waals surface area contributed by atoms with Gasteiger partial charge in [-0.25, -0.2) is 0 Å². The summed E-state index contributed by atoms with van der Waals surface area (Å²) in [5, 5.41) is 3.53. The Morgan fingerprint density at radius 1 is 1.16 bits per heavy atom. The number of hydrogen-bond donors (Lipinski definition) is 1. The van der Waals surface area contributed by atoms with E-state index in [1.165, 1.54) is 37.2 Å².